The lowest BCUT2D eigenvalue weighted by atomic mass is 10.2. The lowest BCUT2D eigenvalue weighted by Gasteiger charge is -2.15. The van der Waals surface area contributed by atoms with Gasteiger partial charge >= 0.3 is 0 Å². The first-order chi connectivity index (χ1) is 10.0. The highest BCUT2D eigenvalue weighted by Gasteiger charge is 2.10. The second kappa shape index (κ2) is 10.2. The van der Waals surface area contributed by atoms with Crippen LogP contribution >= 0.6 is 23.2 Å². The van der Waals surface area contributed by atoms with Gasteiger partial charge in [-0.2, -0.15) is 0 Å². The van der Waals surface area contributed by atoms with Crippen molar-refractivity contribution in [3.05, 3.63) is 28.2 Å². The zero-order chi connectivity index (χ0) is 15.7. The number of hydrogen-bond acceptors (Lipinski definition) is 4. The summed E-state index contributed by atoms with van der Waals surface area (Å²) in [6, 6.07) is 5.13. The van der Waals surface area contributed by atoms with E-state index in [9.17, 15) is 5.11 Å². The Kier molecular flexibility index (Phi) is 9.04. The number of nitrogens with one attached hydrogen (secondary N) is 1. The zero-order valence-electron chi connectivity index (χ0n) is 12.4. The molecule has 21 heavy (non-hydrogen) atoms. The number of halogens is 2. The van der Waals surface area contributed by atoms with Crippen LogP contribution in [0, 0.1) is 5.92 Å². The summed E-state index contributed by atoms with van der Waals surface area (Å²) in [6.07, 6.45) is -0.637. The lowest BCUT2D eigenvalue weighted by molar-refractivity contribution is 0.0925. The van der Waals surface area contributed by atoms with E-state index in [0.29, 0.717) is 41.4 Å². The molecule has 6 heteroatoms. The summed E-state index contributed by atoms with van der Waals surface area (Å²) in [5.41, 5.74) is 0. The Hall–Kier alpha value is -0.520. The van der Waals surface area contributed by atoms with Crippen LogP contribution < -0.4 is 10.1 Å². The Morgan fingerprint density at radius 1 is 1.19 bits per heavy atom. The topological polar surface area (TPSA) is 50.7 Å². The smallest absolute Gasteiger partial charge is 0.156 e. The van der Waals surface area contributed by atoms with Crippen LogP contribution in [0.4, 0.5) is 0 Å². The second-order valence-electron chi connectivity index (χ2n) is 5.19. The Balaban J connectivity index is 2.15. The first-order valence-corrected chi connectivity index (χ1v) is 7.79. The molecule has 0 bridgehead atoms. The third-order valence-corrected chi connectivity index (χ3v) is 3.19. The van der Waals surface area contributed by atoms with E-state index in [4.69, 9.17) is 32.7 Å². The molecule has 120 valence electrons. The van der Waals surface area contributed by atoms with Crippen LogP contribution in [0.15, 0.2) is 18.2 Å². The summed E-state index contributed by atoms with van der Waals surface area (Å²) in [4.78, 5) is 0. The summed E-state index contributed by atoms with van der Waals surface area (Å²) in [5.74, 6) is 0.935. The third kappa shape index (κ3) is 7.88. The largest absolute Gasteiger partial charge is 0.488 e. The maximum Gasteiger partial charge on any atom is 0.156 e. The minimum Gasteiger partial charge on any atom is -0.488 e. The van der Waals surface area contributed by atoms with Crippen molar-refractivity contribution in [1.29, 1.82) is 0 Å². The van der Waals surface area contributed by atoms with E-state index in [1.807, 2.05) is 0 Å². The van der Waals surface area contributed by atoms with Crippen molar-refractivity contribution in [1.82, 2.24) is 5.32 Å². The number of rotatable bonds is 10. The molecular weight excluding hydrogens is 313 g/mol. The standard InChI is InChI=1S/C15H23Cl2NO3/c1-11(2)9-20-7-6-18-8-12(19)10-21-15-13(16)4-3-5-14(15)17/h3-5,11-12,18-19H,6-10H2,1-2H3. The predicted octanol–water partition coefficient (Wildman–Crippen LogP) is 3.00. The summed E-state index contributed by atoms with van der Waals surface area (Å²) in [6.45, 7) is 6.83. The molecule has 0 saturated heterocycles. The molecule has 2 N–H and O–H groups in total. The van der Waals surface area contributed by atoms with Gasteiger partial charge in [-0.15, -0.1) is 0 Å². The molecule has 0 fully saturated rings. The van der Waals surface area contributed by atoms with Gasteiger partial charge in [-0.3, -0.25) is 0 Å². The molecule has 4 nitrogen and oxygen atoms in total. The minimum absolute atomic E-state index is 0.128. The maximum atomic E-state index is 9.82. The number of benzene rings is 1. The van der Waals surface area contributed by atoms with Gasteiger partial charge in [0.25, 0.3) is 0 Å². The SMILES string of the molecule is CC(C)COCCNCC(O)COc1c(Cl)cccc1Cl. The first kappa shape index (κ1) is 18.5. The van der Waals surface area contributed by atoms with Crippen molar-refractivity contribution in [3.63, 3.8) is 0 Å². The van der Waals surface area contributed by atoms with Crippen molar-refractivity contribution < 1.29 is 14.6 Å². The molecule has 1 aromatic carbocycles. The third-order valence-electron chi connectivity index (χ3n) is 2.59. The molecule has 0 aliphatic heterocycles. The van der Waals surface area contributed by atoms with Gasteiger partial charge in [-0.05, 0) is 18.1 Å². The van der Waals surface area contributed by atoms with Crippen molar-refractivity contribution >= 4 is 23.2 Å². The van der Waals surface area contributed by atoms with E-state index in [1.165, 1.54) is 0 Å². The molecule has 1 rings (SSSR count). The molecule has 0 aliphatic carbocycles. The fourth-order valence-electron chi connectivity index (χ4n) is 1.59. The van der Waals surface area contributed by atoms with Crippen molar-refractivity contribution in [2.24, 2.45) is 5.92 Å². The highest BCUT2D eigenvalue weighted by molar-refractivity contribution is 6.37. The monoisotopic (exact) mass is 335 g/mol. The normalized spacial score (nSPS) is 12.7. The van der Waals surface area contributed by atoms with Crippen LogP contribution in [0.5, 0.6) is 5.75 Å². The first-order valence-electron chi connectivity index (χ1n) is 7.04. The van der Waals surface area contributed by atoms with Gasteiger partial charge in [-0.25, -0.2) is 0 Å². The zero-order valence-corrected chi connectivity index (χ0v) is 14.0. The number of para-hydroxylation sites is 1. The number of aliphatic hydroxyl groups excluding tert-OH is 1. The molecule has 0 saturated carbocycles. The van der Waals surface area contributed by atoms with Crippen LogP contribution in [-0.4, -0.2) is 44.1 Å². The number of aliphatic hydroxyl groups is 1. The molecular formula is C15H23Cl2NO3. The fourth-order valence-corrected chi connectivity index (χ4v) is 2.10. The van der Waals surface area contributed by atoms with Crippen LogP contribution in [0.25, 0.3) is 0 Å². The quantitative estimate of drug-likeness (QED) is 0.645. The molecule has 0 radical (unpaired) electrons. The predicted molar refractivity (Wildman–Crippen MR) is 86.5 cm³/mol. The van der Waals surface area contributed by atoms with Crippen LogP contribution in [-0.2, 0) is 4.74 Å². The Labute approximate surface area is 136 Å². The highest BCUT2D eigenvalue weighted by atomic mass is 35.5. The summed E-state index contributed by atoms with van der Waals surface area (Å²) >= 11 is 12.0. The van der Waals surface area contributed by atoms with Gasteiger partial charge in [0.1, 0.15) is 12.7 Å². The van der Waals surface area contributed by atoms with E-state index in [2.05, 4.69) is 19.2 Å². The van der Waals surface area contributed by atoms with Gasteiger partial charge in [0.15, 0.2) is 5.75 Å². The summed E-state index contributed by atoms with van der Waals surface area (Å²) in [5, 5.41) is 13.8. The van der Waals surface area contributed by atoms with Gasteiger partial charge in [0.2, 0.25) is 0 Å². The van der Waals surface area contributed by atoms with Crippen LogP contribution in [0.2, 0.25) is 10.0 Å². The van der Waals surface area contributed by atoms with Gasteiger partial charge in [-0.1, -0.05) is 43.1 Å². The molecule has 0 aromatic heterocycles. The molecule has 1 atom stereocenters. The minimum atomic E-state index is -0.637. The van der Waals surface area contributed by atoms with Crippen molar-refractivity contribution in [2.75, 3.05) is 32.9 Å². The summed E-state index contributed by atoms with van der Waals surface area (Å²) in [7, 11) is 0. The van der Waals surface area contributed by atoms with E-state index in [0.717, 1.165) is 6.61 Å². The van der Waals surface area contributed by atoms with Gasteiger partial charge in [0.05, 0.1) is 16.7 Å². The molecule has 1 aromatic rings. The van der Waals surface area contributed by atoms with Crippen LogP contribution in [0.1, 0.15) is 13.8 Å². The van der Waals surface area contributed by atoms with Crippen LogP contribution in [0.3, 0.4) is 0 Å². The molecule has 0 amide bonds. The average Bonchev–Trinajstić information content (AvgIpc) is 2.41. The Bertz CT molecular complexity index is 396. The Morgan fingerprint density at radius 2 is 1.86 bits per heavy atom. The highest BCUT2D eigenvalue weighted by Crippen LogP contribution is 2.32. The van der Waals surface area contributed by atoms with Crippen molar-refractivity contribution in [3.8, 4) is 5.75 Å². The van der Waals surface area contributed by atoms with E-state index >= 15 is 0 Å². The van der Waals surface area contributed by atoms with E-state index in [-0.39, 0.29) is 6.61 Å². The number of hydrogen-bond donors (Lipinski definition) is 2. The summed E-state index contributed by atoms with van der Waals surface area (Å²) < 4.78 is 10.9. The van der Waals surface area contributed by atoms with E-state index < -0.39 is 6.10 Å². The van der Waals surface area contributed by atoms with E-state index in [1.54, 1.807) is 18.2 Å². The fraction of sp³-hybridized carbons (Fsp3) is 0.600. The average molecular weight is 336 g/mol. The van der Waals surface area contributed by atoms with Gasteiger partial charge < -0.3 is 19.9 Å². The van der Waals surface area contributed by atoms with Crippen molar-refractivity contribution in [2.45, 2.75) is 20.0 Å². The molecule has 1 unspecified atom stereocenters. The molecule has 0 spiro atoms. The second-order valence-corrected chi connectivity index (χ2v) is 6.00. The number of ether oxygens (including phenoxy) is 2. The molecule has 0 aliphatic rings. The Morgan fingerprint density at radius 3 is 2.48 bits per heavy atom. The van der Waals surface area contributed by atoms with Gasteiger partial charge in [0, 0.05) is 19.7 Å². The maximum absolute atomic E-state index is 9.82. The molecule has 0 heterocycles. The lowest BCUT2D eigenvalue weighted by Crippen LogP contribution is -2.33.